The number of aryl methyl sites for hydroxylation is 1. The van der Waals surface area contributed by atoms with Gasteiger partial charge in [-0.2, -0.15) is 0 Å². The van der Waals surface area contributed by atoms with Crippen molar-refractivity contribution in [3.05, 3.63) is 21.9 Å². The highest BCUT2D eigenvalue weighted by atomic mass is 32.1. The van der Waals surface area contributed by atoms with Gasteiger partial charge in [0.15, 0.2) is 5.78 Å². The quantitative estimate of drug-likeness (QED) is 0.827. The molecule has 3 rings (SSSR count). The number of hydrogen-bond acceptors (Lipinski definition) is 3. The number of rotatable bonds is 2. The van der Waals surface area contributed by atoms with E-state index in [4.69, 9.17) is 0 Å². The lowest BCUT2D eigenvalue weighted by Crippen LogP contribution is -2.51. The van der Waals surface area contributed by atoms with E-state index in [1.165, 1.54) is 37.0 Å². The number of hydrogen-bond donors (Lipinski definition) is 1. The van der Waals surface area contributed by atoms with Gasteiger partial charge < -0.3 is 5.32 Å². The second-order valence-corrected chi connectivity index (χ2v) is 6.87. The third-order valence-electron chi connectivity index (χ3n) is 4.48. The standard InChI is InChI=1S/C15H21NOS/c1-10-8-12(9-18-10)15(17)14-7-6-11-4-2-3-5-13(11)16-14/h8-9,11,13-14,16H,2-7H2,1H3. The predicted molar refractivity (Wildman–Crippen MR) is 75.3 cm³/mol. The molecule has 3 unspecified atom stereocenters. The van der Waals surface area contributed by atoms with Gasteiger partial charge in [-0.1, -0.05) is 12.8 Å². The highest BCUT2D eigenvalue weighted by Crippen LogP contribution is 2.33. The van der Waals surface area contributed by atoms with E-state index in [-0.39, 0.29) is 6.04 Å². The normalized spacial score (nSPS) is 31.9. The van der Waals surface area contributed by atoms with Gasteiger partial charge in [-0.3, -0.25) is 4.79 Å². The number of thiophene rings is 1. The van der Waals surface area contributed by atoms with Gasteiger partial charge in [0.05, 0.1) is 6.04 Å². The topological polar surface area (TPSA) is 29.1 Å². The molecule has 1 N–H and O–H groups in total. The zero-order valence-electron chi connectivity index (χ0n) is 10.9. The summed E-state index contributed by atoms with van der Waals surface area (Å²) in [4.78, 5) is 13.7. The summed E-state index contributed by atoms with van der Waals surface area (Å²) in [7, 11) is 0. The van der Waals surface area contributed by atoms with E-state index < -0.39 is 0 Å². The Morgan fingerprint density at radius 1 is 1.28 bits per heavy atom. The van der Waals surface area contributed by atoms with Gasteiger partial charge in [0.2, 0.25) is 0 Å². The Morgan fingerprint density at radius 3 is 2.89 bits per heavy atom. The van der Waals surface area contributed by atoms with Crippen molar-refractivity contribution >= 4 is 17.1 Å². The van der Waals surface area contributed by atoms with E-state index in [0.717, 1.165) is 17.9 Å². The van der Waals surface area contributed by atoms with Crippen LogP contribution >= 0.6 is 11.3 Å². The number of carbonyl (C=O) groups is 1. The van der Waals surface area contributed by atoms with Crippen LogP contribution in [-0.4, -0.2) is 17.9 Å². The van der Waals surface area contributed by atoms with E-state index in [1.54, 1.807) is 11.3 Å². The second kappa shape index (κ2) is 5.14. The van der Waals surface area contributed by atoms with Crippen molar-refractivity contribution in [2.45, 2.75) is 57.5 Å². The lowest BCUT2D eigenvalue weighted by atomic mass is 9.77. The minimum atomic E-state index is 0.0679. The monoisotopic (exact) mass is 263 g/mol. The summed E-state index contributed by atoms with van der Waals surface area (Å²) in [6.07, 6.45) is 7.58. The van der Waals surface area contributed by atoms with Gasteiger partial charge >= 0.3 is 0 Å². The van der Waals surface area contributed by atoms with Crippen molar-refractivity contribution < 1.29 is 4.79 Å². The number of Topliss-reactive ketones (excluding diaryl/α,β-unsaturated/α-hetero) is 1. The molecule has 0 bridgehead atoms. The summed E-state index contributed by atoms with van der Waals surface area (Å²) in [5.41, 5.74) is 0.907. The Morgan fingerprint density at radius 2 is 2.11 bits per heavy atom. The van der Waals surface area contributed by atoms with E-state index in [9.17, 15) is 4.79 Å². The first-order valence-corrected chi connectivity index (χ1v) is 7.97. The Hall–Kier alpha value is -0.670. The molecule has 1 saturated heterocycles. The maximum Gasteiger partial charge on any atom is 0.180 e. The third kappa shape index (κ3) is 2.39. The molecule has 1 aromatic heterocycles. The minimum Gasteiger partial charge on any atom is -0.304 e. The summed E-state index contributed by atoms with van der Waals surface area (Å²) in [5, 5.41) is 5.62. The highest BCUT2D eigenvalue weighted by Gasteiger charge is 2.34. The van der Waals surface area contributed by atoms with Crippen LogP contribution in [0.5, 0.6) is 0 Å². The van der Waals surface area contributed by atoms with Gasteiger partial charge in [-0.25, -0.2) is 0 Å². The van der Waals surface area contributed by atoms with Crippen molar-refractivity contribution in [2.75, 3.05) is 0 Å². The molecular weight excluding hydrogens is 242 g/mol. The van der Waals surface area contributed by atoms with Crippen LogP contribution in [0.25, 0.3) is 0 Å². The van der Waals surface area contributed by atoms with Crippen molar-refractivity contribution in [1.82, 2.24) is 5.32 Å². The van der Waals surface area contributed by atoms with Crippen LogP contribution in [0.4, 0.5) is 0 Å². The van der Waals surface area contributed by atoms with Crippen LogP contribution in [-0.2, 0) is 0 Å². The molecule has 18 heavy (non-hydrogen) atoms. The summed E-state index contributed by atoms with van der Waals surface area (Å²) in [6, 6.07) is 2.70. The molecule has 2 heterocycles. The van der Waals surface area contributed by atoms with E-state index in [2.05, 4.69) is 12.2 Å². The van der Waals surface area contributed by atoms with E-state index in [1.807, 2.05) is 11.4 Å². The number of fused-ring (bicyclic) bond motifs is 1. The zero-order chi connectivity index (χ0) is 12.5. The lowest BCUT2D eigenvalue weighted by molar-refractivity contribution is 0.0862. The van der Waals surface area contributed by atoms with Crippen molar-refractivity contribution in [1.29, 1.82) is 0 Å². The zero-order valence-corrected chi connectivity index (χ0v) is 11.8. The first-order valence-electron chi connectivity index (χ1n) is 7.09. The molecule has 98 valence electrons. The molecule has 1 aliphatic heterocycles. The average Bonchev–Trinajstić information content (AvgIpc) is 2.84. The van der Waals surface area contributed by atoms with Gasteiger partial charge in [0.1, 0.15) is 0 Å². The summed E-state index contributed by atoms with van der Waals surface area (Å²) in [5.74, 6) is 1.13. The summed E-state index contributed by atoms with van der Waals surface area (Å²) in [6.45, 7) is 2.06. The molecule has 2 nitrogen and oxygen atoms in total. The molecule has 3 atom stereocenters. The van der Waals surface area contributed by atoms with Gasteiger partial charge in [-0.05, 0) is 44.6 Å². The smallest absolute Gasteiger partial charge is 0.180 e. The fourth-order valence-corrected chi connectivity index (χ4v) is 4.17. The van der Waals surface area contributed by atoms with Crippen LogP contribution in [0.3, 0.4) is 0 Å². The molecule has 1 aromatic rings. The van der Waals surface area contributed by atoms with Crippen molar-refractivity contribution in [3.63, 3.8) is 0 Å². The summed E-state index contributed by atoms with van der Waals surface area (Å²) < 4.78 is 0. The molecule has 1 saturated carbocycles. The van der Waals surface area contributed by atoms with Crippen LogP contribution < -0.4 is 5.32 Å². The minimum absolute atomic E-state index is 0.0679. The van der Waals surface area contributed by atoms with Crippen LogP contribution in [0, 0.1) is 12.8 Å². The Balaban J connectivity index is 1.68. The van der Waals surface area contributed by atoms with Gasteiger partial charge in [-0.15, -0.1) is 11.3 Å². The molecular formula is C15H21NOS. The predicted octanol–water partition coefficient (Wildman–Crippen LogP) is 3.55. The molecule has 1 aliphatic carbocycles. The Bertz CT molecular complexity index is 439. The lowest BCUT2D eigenvalue weighted by Gasteiger charge is -2.39. The average molecular weight is 263 g/mol. The molecule has 2 fully saturated rings. The largest absolute Gasteiger partial charge is 0.304 e. The van der Waals surface area contributed by atoms with Gasteiger partial charge in [0, 0.05) is 21.9 Å². The molecule has 0 radical (unpaired) electrons. The second-order valence-electron chi connectivity index (χ2n) is 5.76. The molecule has 3 heteroatoms. The number of carbonyl (C=O) groups excluding carboxylic acids is 1. The fraction of sp³-hybridized carbons (Fsp3) is 0.667. The first-order chi connectivity index (χ1) is 8.74. The SMILES string of the molecule is Cc1cc(C(=O)C2CCC3CCCCC3N2)cs1. The number of nitrogens with one attached hydrogen (secondary N) is 1. The van der Waals surface area contributed by atoms with Crippen LogP contribution in [0.15, 0.2) is 11.4 Å². The highest BCUT2D eigenvalue weighted by molar-refractivity contribution is 7.10. The van der Waals surface area contributed by atoms with Crippen molar-refractivity contribution in [3.8, 4) is 0 Å². The Labute approximate surface area is 113 Å². The molecule has 0 spiro atoms. The summed E-state index contributed by atoms with van der Waals surface area (Å²) >= 11 is 1.67. The fourth-order valence-electron chi connectivity index (χ4n) is 3.48. The van der Waals surface area contributed by atoms with E-state index >= 15 is 0 Å². The van der Waals surface area contributed by atoms with E-state index in [0.29, 0.717) is 11.8 Å². The number of ketones is 1. The molecule has 0 amide bonds. The number of piperidine rings is 1. The van der Waals surface area contributed by atoms with Crippen LogP contribution in [0.1, 0.15) is 53.8 Å². The Kier molecular flexibility index (Phi) is 3.53. The maximum absolute atomic E-state index is 12.4. The van der Waals surface area contributed by atoms with Gasteiger partial charge in [0.25, 0.3) is 0 Å². The third-order valence-corrected chi connectivity index (χ3v) is 5.34. The van der Waals surface area contributed by atoms with Crippen molar-refractivity contribution in [2.24, 2.45) is 5.92 Å². The molecule has 0 aromatic carbocycles. The van der Waals surface area contributed by atoms with Crippen LogP contribution in [0.2, 0.25) is 0 Å². The maximum atomic E-state index is 12.4. The molecule has 2 aliphatic rings. The first kappa shape index (κ1) is 12.4.